The first-order chi connectivity index (χ1) is 17.9. The molecule has 9 nitrogen and oxygen atoms in total. The zero-order valence-corrected chi connectivity index (χ0v) is 20.7. The van der Waals surface area contributed by atoms with Crippen LogP contribution in [-0.4, -0.2) is 45.5 Å². The van der Waals surface area contributed by atoms with Crippen LogP contribution in [0.4, 0.5) is 10.2 Å². The van der Waals surface area contributed by atoms with Crippen molar-refractivity contribution in [1.29, 1.82) is 0 Å². The molecule has 0 saturated heterocycles. The minimum Gasteiger partial charge on any atom is -0.481 e. The Labute approximate surface area is 214 Å². The Balaban J connectivity index is 1.68. The fraction of sp³-hybridized carbons (Fsp3) is 0.407. The number of aromatic nitrogens is 2. The topological polar surface area (TPSA) is 122 Å². The molecule has 2 aromatic heterocycles. The maximum Gasteiger partial charge on any atom is 0.325 e. The van der Waals surface area contributed by atoms with Crippen molar-refractivity contribution in [3.8, 4) is 0 Å². The summed E-state index contributed by atoms with van der Waals surface area (Å²) >= 11 is 0. The maximum absolute atomic E-state index is 13.4. The zero-order valence-electron chi connectivity index (χ0n) is 20.7. The van der Waals surface area contributed by atoms with Crippen molar-refractivity contribution in [2.45, 2.75) is 57.4 Å². The van der Waals surface area contributed by atoms with Crippen molar-refractivity contribution in [2.24, 2.45) is 0 Å². The number of carbonyl (C=O) groups is 3. The standard InChI is InChI=1S/C27H31FN4O5/c1-2-37-23(35)16-29-26-24(18-7-4-3-5-8-18)31-25-20(9-6-14-32(25)26)27(36)30-21(15-22(33)34)17-10-12-19(28)13-11-17/h6,9-14,18,21,29H,2-5,7-8,15-16H2,1H3,(H,30,36)(H,33,34). The van der Waals surface area contributed by atoms with Crippen LogP contribution in [0.5, 0.6) is 0 Å². The maximum atomic E-state index is 13.4. The Morgan fingerprint density at radius 3 is 2.57 bits per heavy atom. The van der Waals surface area contributed by atoms with E-state index in [2.05, 4.69) is 10.6 Å². The zero-order chi connectivity index (χ0) is 26.4. The molecule has 1 aliphatic carbocycles. The van der Waals surface area contributed by atoms with Crippen molar-refractivity contribution in [3.63, 3.8) is 0 Å². The molecule has 1 fully saturated rings. The number of hydrogen-bond acceptors (Lipinski definition) is 6. The number of esters is 1. The number of nitrogens with zero attached hydrogens (tertiary/aromatic N) is 2. The minimum atomic E-state index is -1.10. The van der Waals surface area contributed by atoms with Gasteiger partial charge in [0.15, 0.2) is 5.65 Å². The number of carboxylic acids is 1. The Morgan fingerprint density at radius 2 is 1.89 bits per heavy atom. The molecule has 1 aromatic carbocycles. The molecule has 0 radical (unpaired) electrons. The van der Waals surface area contributed by atoms with Gasteiger partial charge in [0.25, 0.3) is 5.91 Å². The fourth-order valence-electron chi connectivity index (χ4n) is 4.82. The Morgan fingerprint density at radius 1 is 1.16 bits per heavy atom. The van der Waals surface area contributed by atoms with Gasteiger partial charge in [0.05, 0.1) is 30.3 Å². The molecule has 4 rings (SSSR count). The van der Waals surface area contributed by atoms with Gasteiger partial charge in [-0.2, -0.15) is 0 Å². The lowest BCUT2D eigenvalue weighted by molar-refractivity contribution is -0.141. The molecule has 1 amide bonds. The highest BCUT2D eigenvalue weighted by Gasteiger charge is 2.27. The SMILES string of the molecule is CCOC(=O)CNc1c(C2CCCCC2)nc2c(C(=O)NC(CC(=O)O)c3ccc(F)cc3)cccn12. The van der Waals surface area contributed by atoms with E-state index >= 15 is 0 Å². The highest BCUT2D eigenvalue weighted by molar-refractivity contribution is 6.00. The number of hydrogen-bond donors (Lipinski definition) is 3. The third-order valence-electron chi connectivity index (χ3n) is 6.58. The first kappa shape index (κ1) is 26.1. The van der Waals surface area contributed by atoms with E-state index in [0.717, 1.165) is 37.8 Å². The second-order valence-electron chi connectivity index (χ2n) is 9.13. The highest BCUT2D eigenvalue weighted by atomic mass is 19.1. The van der Waals surface area contributed by atoms with Crippen molar-refractivity contribution >= 4 is 29.3 Å². The van der Waals surface area contributed by atoms with Crippen LogP contribution in [0.15, 0.2) is 42.6 Å². The first-order valence-electron chi connectivity index (χ1n) is 12.6. The molecule has 10 heteroatoms. The number of pyridine rings is 1. The molecule has 0 aliphatic heterocycles. The number of aliphatic carboxylic acids is 1. The molecule has 2 heterocycles. The Kier molecular flexibility index (Phi) is 8.37. The van der Waals surface area contributed by atoms with E-state index in [4.69, 9.17) is 9.72 Å². The van der Waals surface area contributed by atoms with E-state index in [1.807, 2.05) is 0 Å². The Bertz CT molecular complexity index is 1270. The predicted molar refractivity (Wildman–Crippen MR) is 135 cm³/mol. The third kappa shape index (κ3) is 6.25. The predicted octanol–water partition coefficient (Wildman–Crippen LogP) is 4.44. The molecule has 1 aliphatic rings. The number of halogens is 1. The van der Waals surface area contributed by atoms with E-state index in [0.29, 0.717) is 17.0 Å². The normalized spacial score (nSPS) is 14.8. The summed E-state index contributed by atoms with van der Waals surface area (Å²) < 4.78 is 20.2. The lowest BCUT2D eigenvalue weighted by Gasteiger charge is -2.21. The van der Waals surface area contributed by atoms with Gasteiger partial charge >= 0.3 is 11.9 Å². The largest absolute Gasteiger partial charge is 0.481 e. The quantitative estimate of drug-likeness (QED) is 0.345. The average Bonchev–Trinajstić information content (AvgIpc) is 3.26. The van der Waals surface area contributed by atoms with Gasteiger partial charge in [-0.1, -0.05) is 31.4 Å². The number of amides is 1. The molecule has 1 saturated carbocycles. The van der Waals surface area contributed by atoms with Crippen LogP contribution in [0.3, 0.4) is 0 Å². The van der Waals surface area contributed by atoms with E-state index in [1.54, 1.807) is 29.7 Å². The summed E-state index contributed by atoms with van der Waals surface area (Å²) in [6, 6.07) is 7.83. The molecule has 3 N–H and O–H groups in total. The first-order valence-corrected chi connectivity index (χ1v) is 12.6. The smallest absolute Gasteiger partial charge is 0.325 e. The van der Waals surface area contributed by atoms with Gasteiger partial charge in [-0.15, -0.1) is 0 Å². The molecule has 0 spiro atoms. The van der Waals surface area contributed by atoms with Crippen LogP contribution >= 0.6 is 0 Å². The van der Waals surface area contributed by atoms with Gasteiger partial charge in [0.1, 0.15) is 18.2 Å². The van der Waals surface area contributed by atoms with Crippen LogP contribution in [0.1, 0.15) is 79.0 Å². The summed E-state index contributed by atoms with van der Waals surface area (Å²) in [5.41, 5.74) is 1.94. The fourth-order valence-corrected chi connectivity index (χ4v) is 4.82. The molecule has 0 bridgehead atoms. The number of anilines is 1. The summed E-state index contributed by atoms with van der Waals surface area (Å²) in [6.07, 6.45) is 6.66. The van der Waals surface area contributed by atoms with Gasteiger partial charge < -0.3 is 20.5 Å². The van der Waals surface area contributed by atoms with Crippen LogP contribution in [-0.2, 0) is 14.3 Å². The number of fused-ring (bicyclic) bond motifs is 1. The number of benzene rings is 1. The summed E-state index contributed by atoms with van der Waals surface area (Å²) in [4.78, 5) is 41.8. The van der Waals surface area contributed by atoms with Crippen molar-refractivity contribution in [3.05, 3.63) is 65.2 Å². The second-order valence-corrected chi connectivity index (χ2v) is 9.13. The van der Waals surface area contributed by atoms with Gasteiger partial charge in [0, 0.05) is 12.1 Å². The molecule has 1 atom stereocenters. The molecule has 37 heavy (non-hydrogen) atoms. The van der Waals surface area contributed by atoms with E-state index in [-0.39, 0.29) is 31.1 Å². The average molecular weight is 511 g/mol. The van der Waals surface area contributed by atoms with E-state index in [1.165, 1.54) is 24.3 Å². The summed E-state index contributed by atoms with van der Waals surface area (Å²) in [7, 11) is 0. The third-order valence-corrected chi connectivity index (χ3v) is 6.58. The number of carbonyl (C=O) groups excluding carboxylic acids is 2. The lowest BCUT2D eigenvalue weighted by Crippen LogP contribution is -2.30. The number of carboxylic acid groups (broad SMARTS) is 1. The van der Waals surface area contributed by atoms with Gasteiger partial charge in [0.2, 0.25) is 0 Å². The van der Waals surface area contributed by atoms with E-state index in [9.17, 15) is 23.9 Å². The monoisotopic (exact) mass is 510 g/mol. The number of rotatable bonds is 10. The van der Waals surface area contributed by atoms with Crippen LogP contribution in [0.25, 0.3) is 5.65 Å². The number of ether oxygens (including phenoxy) is 1. The van der Waals surface area contributed by atoms with Crippen LogP contribution < -0.4 is 10.6 Å². The van der Waals surface area contributed by atoms with Gasteiger partial charge in [-0.05, 0) is 49.6 Å². The van der Waals surface area contributed by atoms with E-state index < -0.39 is 29.7 Å². The van der Waals surface area contributed by atoms with Crippen LogP contribution in [0, 0.1) is 5.82 Å². The van der Waals surface area contributed by atoms with Gasteiger partial charge in [-0.3, -0.25) is 18.8 Å². The molecule has 3 aromatic rings. The highest BCUT2D eigenvalue weighted by Crippen LogP contribution is 2.37. The molecular formula is C27H31FN4O5. The molecule has 1 unspecified atom stereocenters. The molecular weight excluding hydrogens is 479 g/mol. The number of nitrogens with one attached hydrogen (secondary N) is 2. The van der Waals surface area contributed by atoms with Crippen molar-refractivity contribution in [2.75, 3.05) is 18.5 Å². The summed E-state index contributed by atoms with van der Waals surface area (Å²) in [5.74, 6) is -1.61. The summed E-state index contributed by atoms with van der Waals surface area (Å²) in [5, 5.41) is 15.3. The van der Waals surface area contributed by atoms with Crippen molar-refractivity contribution in [1.82, 2.24) is 14.7 Å². The number of imidazole rings is 1. The van der Waals surface area contributed by atoms with Crippen molar-refractivity contribution < 1.29 is 28.6 Å². The van der Waals surface area contributed by atoms with Crippen LogP contribution in [0.2, 0.25) is 0 Å². The summed E-state index contributed by atoms with van der Waals surface area (Å²) in [6.45, 7) is 1.98. The lowest BCUT2D eigenvalue weighted by atomic mass is 9.87. The molecule has 196 valence electrons. The second kappa shape index (κ2) is 11.9. The Hall–Kier alpha value is -3.95. The van der Waals surface area contributed by atoms with Gasteiger partial charge in [-0.25, -0.2) is 9.37 Å². The minimum absolute atomic E-state index is 0.0387.